The average molecular weight is 662 g/mol. The largest absolute Gasteiger partial charge is 0.456 e. The fourth-order valence-corrected chi connectivity index (χ4v) is 6.17. The molecule has 47 heavy (non-hydrogen) atoms. The number of allylic oxidation sites excluding steroid dienone is 4. The van der Waals surface area contributed by atoms with Crippen molar-refractivity contribution in [3.63, 3.8) is 0 Å². The van der Waals surface area contributed by atoms with Gasteiger partial charge >= 0.3 is 11.9 Å². The van der Waals surface area contributed by atoms with E-state index >= 15 is 0 Å². The highest BCUT2D eigenvalue weighted by molar-refractivity contribution is 5.71. The van der Waals surface area contributed by atoms with Crippen LogP contribution in [-0.4, -0.2) is 29.7 Å². The molecule has 2 unspecified atom stereocenters. The molecular formula is C42H79NO4. The van der Waals surface area contributed by atoms with E-state index in [2.05, 4.69) is 38.2 Å². The van der Waals surface area contributed by atoms with Crippen LogP contribution in [0.4, 0.5) is 0 Å². The fraction of sp³-hybridized carbons (Fsp3) is 0.857. The molecule has 0 aliphatic heterocycles. The van der Waals surface area contributed by atoms with Crippen molar-refractivity contribution in [3.05, 3.63) is 24.3 Å². The monoisotopic (exact) mass is 662 g/mol. The zero-order valence-corrected chi connectivity index (χ0v) is 32.0. The van der Waals surface area contributed by atoms with Crippen LogP contribution in [0, 0.1) is 0 Å². The molecule has 0 saturated heterocycles. The van der Waals surface area contributed by atoms with Crippen LogP contribution in [0.5, 0.6) is 0 Å². The van der Waals surface area contributed by atoms with E-state index in [1.807, 2.05) is 0 Å². The van der Waals surface area contributed by atoms with Gasteiger partial charge in [0.25, 0.3) is 0 Å². The average Bonchev–Trinajstić information content (AvgIpc) is 3.03. The Bertz CT molecular complexity index is 773. The minimum Gasteiger partial charge on any atom is -0.456 e. The lowest BCUT2D eigenvalue weighted by atomic mass is 9.95. The summed E-state index contributed by atoms with van der Waals surface area (Å²) in [6.45, 7) is 9.93. The molecular weight excluding hydrogens is 582 g/mol. The second-order valence-corrected chi connectivity index (χ2v) is 14.5. The van der Waals surface area contributed by atoms with Gasteiger partial charge in [0.1, 0.15) is 5.60 Å². The second kappa shape index (κ2) is 32.9. The van der Waals surface area contributed by atoms with E-state index in [9.17, 15) is 9.59 Å². The molecule has 0 fully saturated rings. The molecule has 0 aromatic rings. The normalized spacial score (nSPS) is 13.4. The van der Waals surface area contributed by atoms with E-state index < -0.39 is 17.7 Å². The van der Waals surface area contributed by atoms with Gasteiger partial charge < -0.3 is 15.2 Å². The molecule has 0 aliphatic rings. The van der Waals surface area contributed by atoms with Crippen LogP contribution in [0.2, 0.25) is 0 Å². The molecule has 0 bridgehead atoms. The summed E-state index contributed by atoms with van der Waals surface area (Å²) in [4.78, 5) is 25.2. The molecule has 2 atom stereocenters. The van der Waals surface area contributed by atoms with Crippen LogP contribution in [0.15, 0.2) is 24.3 Å². The first-order valence-electron chi connectivity index (χ1n) is 20.2. The zero-order valence-electron chi connectivity index (χ0n) is 32.0. The Hall–Kier alpha value is -1.62. The number of carbonyl (C=O) groups excluding carboxylic acids is 2. The topological polar surface area (TPSA) is 78.6 Å². The van der Waals surface area contributed by atoms with Crippen molar-refractivity contribution in [3.8, 4) is 0 Å². The number of nitrogens with two attached hydrogens (primary N) is 1. The maximum Gasteiger partial charge on any atom is 0.306 e. The first kappa shape index (κ1) is 45.4. The highest BCUT2D eigenvalue weighted by Crippen LogP contribution is 2.23. The Morgan fingerprint density at radius 2 is 0.851 bits per heavy atom. The number of ether oxygens (including phenoxy) is 2. The standard InChI is InChI=1S/C42H79NO4/c1-6-8-10-12-14-16-18-20-22-24-26-28-30-32-34-36-39(44)46-41(38(3)43)42(4,5)47-40(45)37-35-33-31-29-27-25-23-21-19-17-15-13-11-9-7-2/h20-23,38,41H,6-19,24-37,43H2,1-5H3/b22-20-,23-21-. The summed E-state index contributed by atoms with van der Waals surface area (Å²) >= 11 is 0. The lowest BCUT2D eigenvalue weighted by Crippen LogP contribution is -2.52. The summed E-state index contributed by atoms with van der Waals surface area (Å²) in [5, 5.41) is 0. The van der Waals surface area contributed by atoms with E-state index in [-0.39, 0.29) is 11.9 Å². The maximum atomic E-state index is 12.6. The van der Waals surface area contributed by atoms with Crippen LogP contribution in [-0.2, 0) is 19.1 Å². The van der Waals surface area contributed by atoms with Gasteiger partial charge in [-0.3, -0.25) is 9.59 Å². The number of carbonyl (C=O) groups is 2. The molecule has 2 N–H and O–H groups in total. The third-order valence-corrected chi connectivity index (χ3v) is 9.08. The van der Waals surface area contributed by atoms with Gasteiger partial charge in [-0.15, -0.1) is 0 Å². The molecule has 0 aliphatic carbocycles. The van der Waals surface area contributed by atoms with Gasteiger partial charge in [0.05, 0.1) is 0 Å². The smallest absolute Gasteiger partial charge is 0.306 e. The molecule has 0 heterocycles. The van der Waals surface area contributed by atoms with E-state index in [4.69, 9.17) is 15.2 Å². The summed E-state index contributed by atoms with van der Waals surface area (Å²) in [6, 6.07) is -0.435. The second-order valence-electron chi connectivity index (χ2n) is 14.5. The number of unbranched alkanes of at least 4 members (excludes halogenated alkanes) is 22. The lowest BCUT2D eigenvalue weighted by Gasteiger charge is -2.35. The number of hydrogen-bond acceptors (Lipinski definition) is 5. The fourth-order valence-electron chi connectivity index (χ4n) is 6.17. The summed E-state index contributed by atoms with van der Waals surface area (Å²) in [5.41, 5.74) is 5.22. The van der Waals surface area contributed by atoms with Gasteiger partial charge in [0, 0.05) is 18.9 Å². The van der Waals surface area contributed by atoms with E-state index in [1.165, 1.54) is 116 Å². The van der Waals surface area contributed by atoms with Crippen molar-refractivity contribution < 1.29 is 19.1 Å². The minimum atomic E-state index is -0.967. The quantitative estimate of drug-likeness (QED) is 0.0422. The van der Waals surface area contributed by atoms with Crippen LogP contribution < -0.4 is 5.73 Å². The minimum absolute atomic E-state index is 0.244. The van der Waals surface area contributed by atoms with Gasteiger partial charge in [-0.25, -0.2) is 0 Å². The first-order valence-corrected chi connectivity index (χ1v) is 20.2. The Morgan fingerprint density at radius 1 is 0.532 bits per heavy atom. The SMILES string of the molecule is CCCCCCCC/C=C\CCCCCCCC(=O)OC(C(C)N)C(C)(C)OC(=O)CCCCCCC/C=C\CCCCCCCC. The molecule has 0 aromatic carbocycles. The number of hydrogen-bond donors (Lipinski definition) is 1. The first-order chi connectivity index (χ1) is 22.7. The number of rotatable bonds is 34. The molecule has 0 saturated carbocycles. The van der Waals surface area contributed by atoms with Crippen molar-refractivity contribution >= 4 is 11.9 Å². The summed E-state index contributed by atoms with van der Waals surface area (Å²) in [7, 11) is 0. The van der Waals surface area contributed by atoms with Crippen LogP contribution in [0.3, 0.4) is 0 Å². The molecule has 5 heteroatoms. The van der Waals surface area contributed by atoms with E-state index in [1.54, 1.807) is 20.8 Å². The molecule has 0 amide bonds. The molecule has 0 spiro atoms. The van der Waals surface area contributed by atoms with Crippen molar-refractivity contribution in [1.29, 1.82) is 0 Å². The Kier molecular flexibility index (Phi) is 31.8. The van der Waals surface area contributed by atoms with Crippen molar-refractivity contribution in [2.45, 2.75) is 232 Å². The molecule has 0 rings (SSSR count). The molecule has 0 aromatic heterocycles. The highest BCUT2D eigenvalue weighted by Gasteiger charge is 2.39. The molecule has 5 nitrogen and oxygen atoms in total. The van der Waals surface area contributed by atoms with Crippen molar-refractivity contribution in [2.75, 3.05) is 0 Å². The maximum absolute atomic E-state index is 12.6. The molecule has 276 valence electrons. The van der Waals surface area contributed by atoms with Crippen LogP contribution >= 0.6 is 0 Å². The van der Waals surface area contributed by atoms with Gasteiger partial charge in [-0.1, -0.05) is 141 Å². The summed E-state index contributed by atoms with van der Waals surface area (Å²) in [5.74, 6) is -0.502. The Morgan fingerprint density at radius 3 is 1.21 bits per heavy atom. The van der Waals surface area contributed by atoms with Gasteiger partial charge in [0.2, 0.25) is 0 Å². The predicted octanol–water partition coefficient (Wildman–Crippen LogP) is 12.6. The Labute approximate surface area is 292 Å². The van der Waals surface area contributed by atoms with Gasteiger partial charge in [-0.05, 0) is 85.0 Å². The zero-order chi connectivity index (χ0) is 34.9. The van der Waals surface area contributed by atoms with E-state index in [0.29, 0.717) is 12.8 Å². The lowest BCUT2D eigenvalue weighted by molar-refractivity contribution is -0.183. The Balaban J connectivity index is 3.96. The summed E-state index contributed by atoms with van der Waals surface area (Å²) in [6.07, 6.45) is 41.2. The van der Waals surface area contributed by atoms with Gasteiger partial charge in [0.15, 0.2) is 6.10 Å². The van der Waals surface area contributed by atoms with Crippen molar-refractivity contribution in [1.82, 2.24) is 0 Å². The third kappa shape index (κ3) is 30.2. The third-order valence-electron chi connectivity index (χ3n) is 9.08. The van der Waals surface area contributed by atoms with Crippen LogP contribution in [0.1, 0.15) is 214 Å². The van der Waals surface area contributed by atoms with Crippen molar-refractivity contribution in [2.24, 2.45) is 5.73 Å². The predicted molar refractivity (Wildman–Crippen MR) is 203 cm³/mol. The van der Waals surface area contributed by atoms with Crippen LogP contribution in [0.25, 0.3) is 0 Å². The van der Waals surface area contributed by atoms with E-state index in [0.717, 1.165) is 51.4 Å². The highest BCUT2D eigenvalue weighted by atomic mass is 16.6. The van der Waals surface area contributed by atoms with Gasteiger partial charge in [-0.2, -0.15) is 0 Å². The number of esters is 2. The summed E-state index contributed by atoms with van der Waals surface area (Å²) < 4.78 is 11.6. The molecule has 0 radical (unpaired) electrons.